The molecule has 6 N–H and O–H groups in total. The van der Waals surface area contributed by atoms with Crippen LogP contribution in [0.5, 0.6) is 11.5 Å². The molecule has 13 nitrogen and oxygen atoms in total. The number of piperidine rings is 2. The van der Waals surface area contributed by atoms with Crippen molar-refractivity contribution >= 4 is 11.8 Å². The number of ether oxygens (including phenoxy) is 4. The fourth-order valence-electron chi connectivity index (χ4n) is 13.5. The zero-order valence-electron chi connectivity index (χ0n) is 30.2. The maximum atomic E-state index is 15.4. The van der Waals surface area contributed by atoms with Crippen LogP contribution in [0.1, 0.15) is 76.6 Å². The smallest absolute Gasteiger partial charge is 0.305 e. The highest BCUT2D eigenvalue weighted by Gasteiger charge is 2.93. The fraction of sp³-hybridized carbons (Fsp3) is 0.789. The minimum absolute atomic E-state index is 0.0213. The van der Waals surface area contributed by atoms with Crippen molar-refractivity contribution in [2.45, 2.75) is 119 Å². The third-order valence-corrected chi connectivity index (χ3v) is 15.4. The molecule has 1 aromatic carbocycles. The average Bonchev–Trinajstić information content (AvgIpc) is 3.36. The first-order chi connectivity index (χ1) is 23.9. The SMILES string of the molecule is COc1ccc(C(=O)C23C[C@@H](O)C4C5(CC6C7CN8CC(C)CCC8[C@@](C)(O)C7C(O)[C@H](O)[C@]64O)OC2(OC(C)=O)C(O)CCC53C)cc1OC. The quantitative estimate of drug-likeness (QED) is 0.187. The van der Waals surface area contributed by atoms with E-state index in [0.717, 1.165) is 19.4 Å². The van der Waals surface area contributed by atoms with Gasteiger partial charge in [0.15, 0.2) is 17.3 Å². The highest BCUT2D eigenvalue weighted by molar-refractivity contribution is 6.03. The van der Waals surface area contributed by atoms with Crippen LogP contribution in [0.15, 0.2) is 18.2 Å². The van der Waals surface area contributed by atoms with Crippen LogP contribution >= 0.6 is 0 Å². The van der Waals surface area contributed by atoms with Crippen LogP contribution in [0.3, 0.4) is 0 Å². The van der Waals surface area contributed by atoms with Gasteiger partial charge in [0.25, 0.3) is 5.79 Å². The highest BCUT2D eigenvalue weighted by atomic mass is 16.7. The van der Waals surface area contributed by atoms with E-state index >= 15 is 4.79 Å². The van der Waals surface area contributed by atoms with Gasteiger partial charge in [-0.25, -0.2) is 0 Å². The van der Waals surface area contributed by atoms with E-state index in [1.165, 1.54) is 27.2 Å². The molecule has 0 amide bonds. The molecule has 51 heavy (non-hydrogen) atoms. The highest BCUT2D eigenvalue weighted by Crippen LogP contribution is 2.82. The first kappa shape index (κ1) is 35.7. The van der Waals surface area contributed by atoms with Crippen LogP contribution in [0, 0.1) is 40.4 Å². The third-order valence-electron chi connectivity index (χ3n) is 15.4. The van der Waals surface area contributed by atoms with Crippen molar-refractivity contribution in [3.63, 3.8) is 0 Å². The number of hydrogen-bond acceptors (Lipinski definition) is 13. The molecule has 3 saturated heterocycles. The Hall–Kier alpha value is -2.36. The summed E-state index contributed by atoms with van der Waals surface area (Å²) in [5.41, 5.74) is -8.10. The Labute approximate surface area is 297 Å². The van der Waals surface area contributed by atoms with Crippen molar-refractivity contribution in [2.24, 2.45) is 40.4 Å². The van der Waals surface area contributed by atoms with Crippen LogP contribution in [-0.2, 0) is 14.3 Å². The van der Waals surface area contributed by atoms with Gasteiger partial charge >= 0.3 is 5.97 Å². The summed E-state index contributed by atoms with van der Waals surface area (Å²) in [6.07, 6.45) is -4.68. The van der Waals surface area contributed by atoms with Crippen molar-refractivity contribution in [3.05, 3.63) is 23.8 Å². The molecule has 8 rings (SSSR count). The largest absolute Gasteiger partial charge is 0.493 e. The molecule has 7 fully saturated rings. The molecular formula is C38H53NO12. The van der Waals surface area contributed by atoms with Gasteiger partial charge in [0, 0.05) is 48.9 Å². The van der Waals surface area contributed by atoms with Crippen molar-refractivity contribution in [3.8, 4) is 11.5 Å². The summed E-state index contributed by atoms with van der Waals surface area (Å²) >= 11 is 0. The Morgan fingerprint density at radius 2 is 1.67 bits per heavy atom. The van der Waals surface area contributed by atoms with Crippen LogP contribution in [0.4, 0.5) is 0 Å². The van der Waals surface area contributed by atoms with Gasteiger partial charge in [-0.1, -0.05) is 13.8 Å². The predicted molar refractivity (Wildman–Crippen MR) is 179 cm³/mol. The first-order valence-corrected chi connectivity index (χ1v) is 18.5. The Morgan fingerprint density at radius 1 is 0.961 bits per heavy atom. The zero-order valence-corrected chi connectivity index (χ0v) is 30.2. The number of aliphatic hydroxyl groups excluding tert-OH is 4. The van der Waals surface area contributed by atoms with Crippen LogP contribution < -0.4 is 9.47 Å². The number of hydrogen-bond donors (Lipinski definition) is 6. The number of aliphatic hydroxyl groups is 6. The molecule has 4 aliphatic carbocycles. The Kier molecular flexibility index (Phi) is 7.76. The van der Waals surface area contributed by atoms with Crippen molar-refractivity contribution in [2.75, 3.05) is 27.3 Å². The molecular weight excluding hydrogens is 662 g/mol. The Balaban J connectivity index is 1.33. The number of benzene rings is 1. The van der Waals surface area contributed by atoms with E-state index < -0.39 is 93.3 Å². The standard InChI is InChI=1S/C38H53NO12/c1-18-7-10-26-34(4,46)28-21(17-39(26)16-18)22-14-36-30(37(22,47)32(45)29(28)43)23(41)15-35(31(44)20-8-9-24(48-5)25(13-20)49-6)33(36,3)12-11-27(42)38(35,51-36)50-19(2)40/h8-9,13,18,21-23,26-30,32,41-43,45-47H,7,10-12,14-17H2,1-6H3/t18?,21?,22?,23-,26?,27?,28?,29?,30?,32+,33?,34-,35?,36?,37+,38?/m1/s1. The van der Waals surface area contributed by atoms with Gasteiger partial charge in [-0.15, -0.1) is 0 Å². The lowest BCUT2D eigenvalue weighted by Crippen LogP contribution is -2.77. The van der Waals surface area contributed by atoms with Gasteiger partial charge in [0.05, 0.1) is 37.6 Å². The second-order valence-electron chi connectivity index (χ2n) is 17.4. The number of carbonyl (C=O) groups is 2. The summed E-state index contributed by atoms with van der Waals surface area (Å²) in [5.74, 6) is -5.95. The molecule has 12 unspecified atom stereocenters. The first-order valence-electron chi connectivity index (χ1n) is 18.5. The molecule has 4 bridgehead atoms. The summed E-state index contributed by atoms with van der Waals surface area (Å²) in [6.45, 7) is 8.06. The van der Waals surface area contributed by atoms with Gasteiger partial charge < -0.3 is 49.6 Å². The monoisotopic (exact) mass is 715 g/mol. The molecule has 0 aromatic heterocycles. The van der Waals surface area contributed by atoms with Crippen molar-refractivity contribution in [1.82, 2.24) is 4.90 Å². The third kappa shape index (κ3) is 3.99. The maximum Gasteiger partial charge on any atom is 0.305 e. The zero-order chi connectivity index (χ0) is 36.8. The van der Waals surface area contributed by atoms with E-state index in [-0.39, 0.29) is 43.0 Å². The maximum absolute atomic E-state index is 15.4. The van der Waals surface area contributed by atoms with E-state index in [2.05, 4.69) is 11.8 Å². The van der Waals surface area contributed by atoms with Crippen LogP contribution in [0.25, 0.3) is 0 Å². The van der Waals surface area contributed by atoms with E-state index in [1.54, 1.807) is 19.1 Å². The van der Waals surface area contributed by atoms with Gasteiger partial charge in [-0.05, 0) is 81.4 Å². The summed E-state index contributed by atoms with van der Waals surface area (Å²) in [4.78, 5) is 30.6. The normalized spacial score (nSPS) is 52.5. The average molecular weight is 716 g/mol. The minimum atomic E-state index is -2.26. The number of methoxy groups -OCH3 is 2. The second kappa shape index (κ2) is 11.1. The van der Waals surface area contributed by atoms with Gasteiger partial charge in [0.1, 0.15) is 23.2 Å². The summed E-state index contributed by atoms with van der Waals surface area (Å²) in [7, 11) is 2.91. The lowest BCUT2D eigenvalue weighted by atomic mass is 9.41. The molecule has 16 atom stereocenters. The lowest BCUT2D eigenvalue weighted by Gasteiger charge is -2.64. The number of fused-ring (bicyclic) bond motifs is 5. The molecule has 282 valence electrons. The fourth-order valence-corrected chi connectivity index (χ4v) is 13.5. The van der Waals surface area contributed by atoms with Crippen molar-refractivity contribution < 1.29 is 59.2 Å². The Bertz CT molecular complexity index is 1640. The van der Waals surface area contributed by atoms with E-state index in [4.69, 9.17) is 18.9 Å². The number of ketones is 1. The summed E-state index contributed by atoms with van der Waals surface area (Å²) in [6, 6.07) is 4.41. The number of esters is 1. The molecule has 4 saturated carbocycles. The number of nitrogens with zero attached hydrogens (tertiary/aromatic N) is 1. The number of Topliss-reactive ketones (excluding diaryl/α,β-unsaturated/α-hetero) is 1. The molecule has 7 aliphatic rings. The van der Waals surface area contributed by atoms with E-state index in [0.29, 0.717) is 18.2 Å². The predicted octanol–water partition coefficient (Wildman–Crippen LogP) is 1.03. The van der Waals surface area contributed by atoms with Gasteiger partial charge in [0.2, 0.25) is 0 Å². The topological polar surface area (TPSA) is 196 Å². The molecule has 13 heteroatoms. The van der Waals surface area contributed by atoms with Crippen LogP contribution in [-0.4, -0.2) is 128 Å². The van der Waals surface area contributed by atoms with Crippen LogP contribution in [0.2, 0.25) is 0 Å². The number of rotatable bonds is 5. The lowest BCUT2D eigenvalue weighted by molar-refractivity contribution is -0.304. The number of carbonyl (C=O) groups excluding carboxylic acids is 2. The molecule has 0 radical (unpaired) electrons. The molecule has 1 spiro atoms. The molecule has 3 aliphatic heterocycles. The van der Waals surface area contributed by atoms with E-state index in [1.807, 2.05) is 6.92 Å². The van der Waals surface area contributed by atoms with Gasteiger partial charge in [-0.2, -0.15) is 0 Å². The van der Waals surface area contributed by atoms with Crippen molar-refractivity contribution in [1.29, 1.82) is 0 Å². The van der Waals surface area contributed by atoms with Gasteiger partial charge in [-0.3, -0.25) is 14.5 Å². The minimum Gasteiger partial charge on any atom is -0.493 e. The van der Waals surface area contributed by atoms with E-state index in [9.17, 15) is 35.4 Å². The molecule has 3 heterocycles. The summed E-state index contributed by atoms with van der Waals surface area (Å²) in [5, 5.41) is 73.8. The summed E-state index contributed by atoms with van der Waals surface area (Å²) < 4.78 is 24.1. The second-order valence-corrected chi connectivity index (χ2v) is 17.4. The molecule has 1 aromatic rings. The Morgan fingerprint density at radius 3 is 2.33 bits per heavy atom.